The second-order valence-corrected chi connectivity index (χ2v) is 6.75. The third kappa shape index (κ3) is 5.31. The van der Waals surface area contributed by atoms with Crippen LogP contribution in [0.1, 0.15) is 22.3 Å². The first-order chi connectivity index (χ1) is 15.1. The van der Waals surface area contributed by atoms with Crippen molar-refractivity contribution in [2.45, 2.75) is 12.6 Å². The SMILES string of the molecule is O=C(Nc1ccc(Oc2ccccc2)cc1)c1ncn(C[C@@H](O)c2ccc(F)cc2)n1. The molecule has 156 valence electrons. The van der Waals surface area contributed by atoms with Crippen LogP contribution in [0.25, 0.3) is 0 Å². The third-order valence-corrected chi connectivity index (χ3v) is 4.45. The van der Waals surface area contributed by atoms with E-state index >= 15 is 0 Å². The van der Waals surface area contributed by atoms with E-state index in [1.54, 1.807) is 24.3 Å². The van der Waals surface area contributed by atoms with E-state index in [1.165, 1.54) is 35.3 Å². The Labute approximate surface area is 177 Å². The Hall–Kier alpha value is -4.04. The zero-order chi connectivity index (χ0) is 21.6. The van der Waals surface area contributed by atoms with Gasteiger partial charge in [-0.15, -0.1) is 5.10 Å². The lowest BCUT2D eigenvalue weighted by atomic mass is 10.1. The summed E-state index contributed by atoms with van der Waals surface area (Å²) in [6.07, 6.45) is 0.453. The molecule has 0 aliphatic rings. The molecule has 0 saturated carbocycles. The molecule has 1 amide bonds. The molecule has 4 aromatic rings. The van der Waals surface area contributed by atoms with Crippen molar-refractivity contribution in [1.29, 1.82) is 0 Å². The lowest BCUT2D eigenvalue weighted by Gasteiger charge is -2.10. The van der Waals surface area contributed by atoms with Gasteiger partial charge in [0.1, 0.15) is 23.6 Å². The number of carbonyl (C=O) groups is 1. The molecule has 0 saturated heterocycles. The molecule has 0 bridgehead atoms. The van der Waals surface area contributed by atoms with E-state index in [0.29, 0.717) is 17.0 Å². The number of rotatable bonds is 7. The van der Waals surface area contributed by atoms with E-state index in [2.05, 4.69) is 15.4 Å². The number of nitrogens with one attached hydrogen (secondary N) is 1. The molecule has 1 heterocycles. The molecule has 7 nitrogen and oxygen atoms in total. The Morgan fingerprint density at radius 2 is 1.68 bits per heavy atom. The smallest absolute Gasteiger partial charge is 0.295 e. The lowest BCUT2D eigenvalue weighted by molar-refractivity contribution is 0.101. The monoisotopic (exact) mass is 418 g/mol. The molecule has 0 aliphatic carbocycles. The topological polar surface area (TPSA) is 89.3 Å². The van der Waals surface area contributed by atoms with Crippen molar-refractivity contribution in [3.63, 3.8) is 0 Å². The van der Waals surface area contributed by atoms with Crippen LogP contribution in [0.4, 0.5) is 10.1 Å². The molecule has 0 aliphatic heterocycles. The first kappa shape index (κ1) is 20.2. The molecule has 31 heavy (non-hydrogen) atoms. The van der Waals surface area contributed by atoms with Gasteiger partial charge in [0.2, 0.25) is 5.82 Å². The fourth-order valence-corrected chi connectivity index (χ4v) is 2.87. The maximum atomic E-state index is 13.0. The summed E-state index contributed by atoms with van der Waals surface area (Å²) < 4.78 is 20.1. The summed E-state index contributed by atoms with van der Waals surface area (Å²) >= 11 is 0. The Balaban J connectivity index is 1.34. The van der Waals surface area contributed by atoms with Gasteiger partial charge in [-0.25, -0.2) is 14.1 Å². The molecule has 0 radical (unpaired) electrons. The van der Waals surface area contributed by atoms with Gasteiger partial charge in [0, 0.05) is 5.69 Å². The van der Waals surface area contributed by atoms with Crippen LogP contribution in [0.5, 0.6) is 11.5 Å². The van der Waals surface area contributed by atoms with Gasteiger partial charge < -0.3 is 15.2 Å². The van der Waals surface area contributed by atoms with Gasteiger partial charge in [0.05, 0.1) is 12.6 Å². The number of aliphatic hydroxyl groups excluding tert-OH is 1. The highest BCUT2D eigenvalue weighted by Gasteiger charge is 2.15. The number of benzene rings is 3. The van der Waals surface area contributed by atoms with Gasteiger partial charge in [0.15, 0.2) is 0 Å². The first-order valence-electron chi connectivity index (χ1n) is 9.54. The van der Waals surface area contributed by atoms with Crippen molar-refractivity contribution in [3.8, 4) is 11.5 Å². The third-order valence-electron chi connectivity index (χ3n) is 4.45. The maximum absolute atomic E-state index is 13.0. The van der Waals surface area contributed by atoms with E-state index in [4.69, 9.17) is 4.74 Å². The summed E-state index contributed by atoms with van der Waals surface area (Å²) in [6.45, 7) is 0.0808. The highest BCUT2D eigenvalue weighted by molar-refractivity contribution is 6.01. The summed E-state index contributed by atoms with van der Waals surface area (Å²) in [5, 5.41) is 17.1. The molecule has 4 rings (SSSR count). The number of anilines is 1. The molecule has 3 aromatic carbocycles. The lowest BCUT2D eigenvalue weighted by Crippen LogP contribution is -2.15. The van der Waals surface area contributed by atoms with Crippen molar-refractivity contribution in [3.05, 3.63) is 102 Å². The zero-order valence-corrected chi connectivity index (χ0v) is 16.4. The van der Waals surface area contributed by atoms with Gasteiger partial charge in [-0.05, 0) is 54.1 Å². The minimum absolute atomic E-state index is 0.0316. The zero-order valence-electron chi connectivity index (χ0n) is 16.4. The average molecular weight is 418 g/mol. The molecular formula is C23H19FN4O3. The molecule has 1 atom stereocenters. The average Bonchev–Trinajstić information content (AvgIpc) is 3.25. The van der Waals surface area contributed by atoms with Crippen molar-refractivity contribution < 1.29 is 19.0 Å². The first-order valence-corrected chi connectivity index (χ1v) is 9.54. The number of nitrogens with zero attached hydrogens (tertiary/aromatic N) is 3. The Morgan fingerprint density at radius 3 is 2.39 bits per heavy atom. The number of amides is 1. The quantitative estimate of drug-likeness (QED) is 0.470. The molecule has 2 N–H and O–H groups in total. The molecule has 8 heteroatoms. The largest absolute Gasteiger partial charge is 0.457 e. The summed E-state index contributed by atoms with van der Waals surface area (Å²) in [6, 6.07) is 21.8. The fraction of sp³-hybridized carbons (Fsp3) is 0.0870. The number of para-hydroxylation sites is 1. The molecular weight excluding hydrogens is 399 g/mol. The second-order valence-electron chi connectivity index (χ2n) is 6.75. The Morgan fingerprint density at radius 1 is 1.00 bits per heavy atom. The number of halogens is 1. The molecule has 0 spiro atoms. The van der Waals surface area contributed by atoms with Gasteiger partial charge >= 0.3 is 0 Å². The fourth-order valence-electron chi connectivity index (χ4n) is 2.87. The normalized spacial score (nSPS) is 11.7. The number of aliphatic hydroxyl groups is 1. The Bertz CT molecular complexity index is 1150. The van der Waals surface area contributed by atoms with Crippen LogP contribution in [0, 0.1) is 5.82 Å². The highest BCUT2D eigenvalue weighted by atomic mass is 19.1. The minimum Gasteiger partial charge on any atom is -0.457 e. The van der Waals surface area contributed by atoms with Crippen molar-refractivity contribution in [1.82, 2.24) is 14.8 Å². The summed E-state index contributed by atoms with van der Waals surface area (Å²) in [5.41, 5.74) is 1.11. The molecule has 0 unspecified atom stereocenters. The second kappa shape index (κ2) is 9.19. The van der Waals surface area contributed by atoms with E-state index in [9.17, 15) is 14.3 Å². The number of aromatic nitrogens is 3. The maximum Gasteiger partial charge on any atom is 0.295 e. The van der Waals surface area contributed by atoms with Crippen LogP contribution in [-0.2, 0) is 6.54 Å². The standard InChI is InChI=1S/C23H19FN4O3/c24-17-8-6-16(7-9-17)21(29)14-28-15-25-22(27-28)23(30)26-18-10-12-20(13-11-18)31-19-4-2-1-3-5-19/h1-13,15,21,29H,14H2,(H,26,30)/t21-/m1/s1. The predicted molar refractivity (Wildman–Crippen MR) is 112 cm³/mol. The van der Waals surface area contributed by atoms with Crippen molar-refractivity contribution >= 4 is 11.6 Å². The van der Waals surface area contributed by atoms with Crippen LogP contribution >= 0.6 is 0 Å². The Kier molecular flexibility index (Phi) is 6.00. The minimum atomic E-state index is -0.907. The number of hydrogen-bond acceptors (Lipinski definition) is 5. The van der Waals surface area contributed by atoms with Gasteiger partial charge in [-0.2, -0.15) is 0 Å². The van der Waals surface area contributed by atoms with E-state index in [1.807, 2.05) is 30.3 Å². The van der Waals surface area contributed by atoms with Crippen LogP contribution in [-0.4, -0.2) is 25.8 Å². The van der Waals surface area contributed by atoms with Crippen LogP contribution in [0.3, 0.4) is 0 Å². The number of hydrogen-bond donors (Lipinski definition) is 2. The summed E-state index contributed by atoms with van der Waals surface area (Å²) in [5.74, 6) is 0.469. The number of carbonyl (C=O) groups excluding carboxylic acids is 1. The number of ether oxygens (including phenoxy) is 1. The summed E-state index contributed by atoms with van der Waals surface area (Å²) in [7, 11) is 0. The summed E-state index contributed by atoms with van der Waals surface area (Å²) in [4.78, 5) is 16.4. The molecule has 1 aromatic heterocycles. The van der Waals surface area contributed by atoms with Crippen LogP contribution in [0.2, 0.25) is 0 Å². The van der Waals surface area contributed by atoms with E-state index in [-0.39, 0.29) is 18.2 Å². The van der Waals surface area contributed by atoms with Gasteiger partial charge in [-0.3, -0.25) is 4.79 Å². The van der Waals surface area contributed by atoms with Crippen LogP contribution < -0.4 is 10.1 Å². The van der Waals surface area contributed by atoms with Crippen molar-refractivity contribution in [2.75, 3.05) is 5.32 Å². The van der Waals surface area contributed by atoms with Crippen LogP contribution in [0.15, 0.2) is 85.2 Å². The van der Waals surface area contributed by atoms with E-state index < -0.39 is 12.0 Å². The van der Waals surface area contributed by atoms with E-state index in [0.717, 1.165) is 5.75 Å². The van der Waals surface area contributed by atoms with Gasteiger partial charge in [0.25, 0.3) is 5.91 Å². The molecule has 0 fully saturated rings. The van der Waals surface area contributed by atoms with Crippen molar-refractivity contribution in [2.24, 2.45) is 0 Å². The predicted octanol–water partition coefficient (Wildman–Crippen LogP) is 4.20. The highest BCUT2D eigenvalue weighted by Crippen LogP contribution is 2.22. The van der Waals surface area contributed by atoms with Gasteiger partial charge in [-0.1, -0.05) is 30.3 Å².